The summed E-state index contributed by atoms with van der Waals surface area (Å²) >= 11 is 3.05. The maximum Gasteiger partial charge on any atom is 0.273 e. The van der Waals surface area contributed by atoms with Crippen LogP contribution < -0.4 is 13.2 Å². The van der Waals surface area contributed by atoms with Crippen LogP contribution in [0.25, 0.3) is 33.3 Å². The van der Waals surface area contributed by atoms with Gasteiger partial charge in [-0.25, -0.2) is 39.7 Å². The summed E-state index contributed by atoms with van der Waals surface area (Å²) in [7, 11) is -7.51. The third-order valence-electron chi connectivity index (χ3n) is 19.0. The van der Waals surface area contributed by atoms with E-state index in [0.29, 0.717) is 52.7 Å². The summed E-state index contributed by atoms with van der Waals surface area (Å²) in [6, 6.07) is 22.6. The molecule has 0 amide bonds. The smallest absolute Gasteiger partial charge is 0.273 e. The Morgan fingerprint density at radius 3 is 1.51 bits per heavy atom. The van der Waals surface area contributed by atoms with Crippen molar-refractivity contribution in [3.8, 4) is 21.6 Å². The van der Waals surface area contributed by atoms with Crippen molar-refractivity contribution in [2.45, 2.75) is 184 Å². The number of benzene rings is 2. The van der Waals surface area contributed by atoms with Crippen molar-refractivity contribution in [3.63, 3.8) is 0 Å². The second kappa shape index (κ2) is 34.2. The molecule has 2 aromatic carbocycles. The Morgan fingerprint density at radius 2 is 1.02 bits per heavy atom. The van der Waals surface area contributed by atoms with Crippen molar-refractivity contribution in [1.82, 2.24) is 37.7 Å². The van der Waals surface area contributed by atoms with E-state index in [-0.39, 0.29) is 9.79 Å². The van der Waals surface area contributed by atoms with Gasteiger partial charge in [-0.15, -0.1) is 0 Å². The van der Waals surface area contributed by atoms with Crippen molar-refractivity contribution in [2.24, 2.45) is 0 Å². The van der Waals surface area contributed by atoms with Gasteiger partial charge in [-0.2, -0.15) is 0 Å². The number of hydrogen-bond acceptors (Lipinski definition) is 16. The average molecular weight is 1550 g/mol. The largest absolute Gasteiger partial charge is 0.470 e. The topological polar surface area (TPSA) is 173 Å². The summed E-state index contributed by atoms with van der Waals surface area (Å²) in [5.74, 6) is 0.883. The van der Waals surface area contributed by atoms with Gasteiger partial charge >= 0.3 is 140 Å². The number of hydrogen-bond donors (Lipinski definition) is 0. The van der Waals surface area contributed by atoms with Gasteiger partial charge in [-0.3, -0.25) is 9.80 Å². The first kappa shape index (κ1) is 70.7. The average Bonchev–Trinajstić information content (AvgIpc) is 1.61. The zero-order valence-electron chi connectivity index (χ0n) is 54.6. The number of fused-ring (bicyclic) bond motifs is 2. The monoisotopic (exact) mass is 1550 g/mol. The van der Waals surface area contributed by atoms with Gasteiger partial charge in [-0.05, 0) is 153 Å². The molecule has 0 spiro atoms. The molecule has 4 fully saturated rings. The molecule has 4 aliphatic rings. The molecule has 0 N–H and O–H groups in total. The van der Waals surface area contributed by atoms with Gasteiger partial charge in [0.2, 0.25) is 0 Å². The van der Waals surface area contributed by atoms with Crippen molar-refractivity contribution in [2.75, 3.05) is 65.8 Å². The van der Waals surface area contributed by atoms with Crippen LogP contribution in [-0.4, -0.2) is 151 Å². The predicted octanol–water partition coefficient (Wildman–Crippen LogP) is 15.8. The number of unbranched alkanes of at least 4 members (excludes halogenated alkanes) is 3. The van der Waals surface area contributed by atoms with Gasteiger partial charge in [0.05, 0.1) is 35.3 Å². The molecule has 22 heteroatoms. The third kappa shape index (κ3) is 17.4. The quantitative estimate of drug-likeness (QED) is 0.0437. The molecule has 2 saturated carbocycles. The summed E-state index contributed by atoms with van der Waals surface area (Å²) in [5.41, 5.74) is 4.75. The first-order valence-corrected chi connectivity index (χ1v) is 47.1. The summed E-state index contributed by atoms with van der Waals surface area (Å²) in [4.78, 5) is 24.7. The molecule has 92 heavy (non-hydrogen) atoms. The first-order chi connectivity index (χ1) is 44.8. The molecule has 2 saturated heterocycles. The molecule has 0 bridgehead atoms. The van der Waals surface area contributed by atoms with E-state index in [0.717, 1.165) is 141 Å². The van der Waals surface area contributed by atoms with Crippen LogP contribution in [0.15, 0.2) is 118 Å². The van der Waals surface area contributed by atoms with E-state index >= 15 is 0 Å². The Morgan fingerprint density at radius 1 is 0.565 bits per heavy atom. The van der Waals surface area contributed by atoms with Gasteiger partial charge in [0, 0.05) is 102 Å². The fraction of sp³-hybridized carbons (Fsp3) is 0.543. The maximum absolute atomic E-state index is 13.7. The van der Waals surface area contributed by atoms with E-state index in [1.807, 2.05) is 43.8 Å². The van der Waals surface area contributed by atoms with Gasteiger partial charge in [0.1, 0.15) is 0 Å². The van der Waals surface area contributed by atoms with Crippen LogP contribution in [0.4, 0.5) is 0 Å². The Bertz CT molecular complexity index is 3780. The van der Waals surface area contributed by atoms with Crippen molar-refractivity contribution < 1.29 is 35.8 Å². The number of pyridine rings is 2. The fourth-order valence-electron chi connectivity index (χ4n) is 14.0. The third-order valence-corrected chi connectivity index (χ3v) is 40.4. The number of halogens is 1. The predicted molar refractivity (Wildman–Crippen MR) is 384 cm³/mol. The molecule has 6 aromatic heterocycles. The normalized spacial score (nSPS) is 19.8. The molecule has 2 aliphatic heterocycles. The minimum atomic E-state index is -3.83. The molecular formula is C70H95IN8O8S4Sn. The van der Waals surface area contributed by atoms with Crippen LogP contribution in [0.5, 0.6) is 10.4 Å². The van der Waals surface area contributed by atoms with Crippen molar-refractivity contribution in [3.05, 3.63) is 123 Å². The Labute approximate surface area is 572 Å². The summed E-state index contributed by atoms with van der Waals surface area (Å²) in [6.45, 7) is 19.9. The second-order valence-corrected chi connectivity index (χ2v) is 44.5. The van der Waals surface area contributed by atoms with Gasteiger partial charge in [0.25, 0.3) is 25.2 Å². The zero-order chi connectivity index (χ0) is 64.5. The van der Waals surface area contributed by atoms with Crippen LogP contribution in [0, 0.1) is 3.57 Å². The SMILES string of the molecule is CCC[CH2][Sn]([CH2]CCC)([CH2]CCC)[c]1csc(OCC)n1.CCOc1nc(-c2cn(S(=O)(=O)c3ccccc3)c3ncc(C4CCC(N5CCCOCC5)CC4)cc23)cs1.O=S(=O)(c1ccccc1)n1cc(I)c2cc(C3CCC(N4CCCOCC4)CC3)cnc21. The Balaban J connectivity index is 0.000000158. The van der Waals surface area contributed by atoms with E-state index < -0.39 is 38.4 Å². The van der Waals surface area contributed by atoms with Crippen molar-refractivity contribution >= 4 is 109 Å². The summed E-state index contributed by atoms with van der Waals surface area (Å²) in [6.07, 6.45) is 26.7. The number of rotatable bonds is 23. The number of aromatic nitrogens is 6. The van der Waals surface area contributed by atoms with E-state index in [9.17, 15) is 16.8 Å². The number of nitrogens with zero attached hydrogens (tertiary/aromatic N) is 8. The van der Waals surface area contributed by atoms with Crippen molar-refractivity contribution in [1.29, 1.82) is 0 Å². The van der Waals surface area contributed by atoms with Crippen LogP contribution >= 0.6 is 45.3 Å². The molecule has 2 aliphatic carbocycles. The molecule has 12 rings (SSSR count). The van der Waals surface area contributed by atoms with E-state index in [2.05, 4.69) is 80.6 Å². The Kier molecular flexibility index (Phi) is 26.3. The van der Waals surface area contributed by atoms with Crippen LogP contribution in [0.1, 0.15) is 160 Å². The standard InChI is InChI=1S/C29H34N4O4S2.C24H28IN3O3S.C5H6NOS.3C4H9.Sn/c1-2-37-29-31-27(20-38-29)26-19-33(39(34,35)24-7-4-3-5-8-24)28-25(26)17-22(18-30-28)21-9-11-23(12-10-21)32-13-6-15-36-16-14-32;25-23-17-28(32(29,30)21-5-2-1-3-6-21)24-22(23)15-19(16-26-24)18-7-9-20(10-8-18)27-11-4-13-31-14-12-27;1-2-7-5-6-3-4-8-5;3*1-3-4-2;/h3-5,7-8,17-21,23H,2,6,9-16H2,1H3;1-3,5-6,15-18,20H,4,7-14H2;4H,2H2,1H3;3*1,3-4H2,2H3;. The molecule has 8 heterocycles. The molecular weight excluding hydrogens is 1450 g/mol. The second-order valence-electron chi connectivity index (χ2n) is 25.0. The summed E-state index contributed by atoms with van der Waals surface area (Å²) in [5, 5.41) is 7.45. The molecule has 0 atom stereocenters. The van der Waals surface area contributed by atoms with E-state index in [1.54, 1.807) is 72.3 Å². The van der Waals surface area contributed by atoms with E-state index in [4.69, 9.17) is 28.9 Å². The van der Waals surface area contributed by atoms with Gasteiger partial charge < -0.3 is 14.2 Å². The summed E-state index contributed by atoms with van der Waals surface area (Å²) < 4.78 is 85.7. The van der Waals surface area contributed by atoms with Crippen LogP contribution in [0.3, 0.4) is 0 Å². The van der Waals surface area contributed by atoms with Crippen LogP contribution in [-0.2, 0) is 29.5 Å². The van der Waals surface area contributed by atoms with E-state index in [1.165, 1.54) is 93.2 Å². The number of thiazole rings is 2. The molecule has 8 aromatic rings. The maximum atomic E-state index is 13.7. The Hall–Kier alpha value is -4.05. The molecule has 0 radical (unpaired) electrons. The molecule has 0 unspecified atom stereocenters. The van der Waals surface area contributed by atoms with Gasteiger partial charge in [-0.1, -0.05) is 47.7 Å². The van der Waals surface area contributed by atoms with Crippen LogP contribution in [0.2, 0.25) is 13.3 Å². The number of ether oxygens (including phenoxy) is 4. The van der Waals surface area contributed by atoms with Gasteiger partial charge in [0.15, 0.2) is 11.3 Å². The fourth-order valence-corrected chi connectivity index (χ4v) is 36.1. The molecule has 498 valence electrons. The minimum Gasteiger partial charge on any atom is -0.470 e. The molecule has 16 nitrogen and oxygen atoms in total. The minimum absolute atomic E-state index is 0.227. The first-order valence-electron chi connectivity index (χ1n) is 33.9. The zero-order valence-corrected chi connectivity index (χ0v) is 62.8.